The zero-order valence-corrected chi connectivity index (χ0v) is 10.1. The number of hydrogen-bond acceptors (Lipinski definition) is 1. The molecule has 0 amide bonds. The topological polar surface area (TPSA) is 23.8 Å². The normalized spacial score (nSPS) is 10.0. The van der Waals surface area contributed by atoms with Crippen molar-refractivity contribution in [2.45, 2.75) is 0 Å². The maximum atomic E-state index is 13.5. The minimum atomic E-state index is -0.568. The van der Waals surface area contributed by atoms with Gasteiger partial charge in [0.2, 0.25) is 0 Å². The van der Waals surface area contributed by atoms with E-state index in [0.29, 0.717) is 21.2 Å². The molecule has 2 aromatic carbocycles. The Morgan fingerprint density at radius 3 is 2.53 bits per heavy atom. The molecule has 4 heteroatoms. The van der Waals surface area contributed by atoms with Crippen LogP contribution in [-0.4, -0.2) is 0 Å². The summed E-state index contributed by atoms with van der Waals surface area (Å²) in [6.45, 7) is 0. The van der Waals surface area contributed by atoms with Gasteiger partial charge in [-0.2, -0.15) is 5.26 Å². The summed E-state index contributed by atoms with van der Waals surface area (Å²) in [5.41, 5.74) is 0.965. The van der Waals surface area contributed by atoms with Gasteiger partial charge >= 0.3 is 0 Å². The van der Waals surface area contributed by atoms with Gasteiger partial charge < -0.3 is 0 Å². The van der Waals surface area contributed by atoms with Crippen molar-refractivity contribution >= 4 is 23.2 Å². The van der Waals surface area contributed by atoms with E-state index in [0.717, 1.165) is 0 Å². The molecule has 0 aliphatic rings. The quantitative estimate of drug-likeness (QED) is 0.735. The molecule has 0 spiro atoms. The second kappa shape index (κ2) is 4.75. The van der Waals surface area contributed by atoms with Crippen LogP contribution >= 0.6 is 23.2 Å². The third-order valence-corrected chi connectivity index (χ3v) is 2.91. The molecule has 0 bridgehead atoms. The van der Waals surface area contributed by atoms with Crippen molar-refractivity contribution in [2.24, 2.45) is 0 Å². The first-order valence-corrected chi connectivity index (χ1v) is 5.53. The van der Waals surface area contributed by atoms with Crippen molar-refractivity contribution in [3.63, 3.8) is 0 Å². The van der Waals surface area contributed by atoms with Gasteiger partial charge in [-0.05, 0) is 24.3 Å². The Morgan fingerprint density at radius 1 is 1.06 bits per heavy atom. The molecule has 0 aromatic heterocycles. The molecule has 1 nitrogen and oxygen atoms in total. The van der Waals surface area contributed by atoms with Crippen LogP contribution in [0.25, 0.3) is 11.1 Å². The van der Waals surface area contributed by atoms with E-state index < -0.39 is 5.82 Å². The number of benzene rings is 2. The Labute approximate surface area is 108 Å². The maximum Gasteiger partial charge on any atom is 0.141 e. The highest BCUT2D eigenvalue weighted by atomic mass is 35.5. The molecule has 0 heterocycles. The molecule has 0 radical (unpaired) electrons. The lowest BCUT2D eigenvalue weighted by atomic mass is 10.00. The fourth-order valence-electron chi connectivity index (χ4n) is 1.57. The second-order valence-corrected chi connectivity index (χ2v) is 4.24. The Balaban J connectivity index is 2.73. The summed E-state index contributed by atoms with van der Waals surface area (Å²) in [7, 11) is 0. The molecule has 84 valence electrons. The third kappa shape index (κ3) is 2.26. The summed E-state index contributed by atoms with van der Waals surface area (Å²) in [4.78, 5) is 0. The molecule has 0 atom stereocenters. The maximum absolute atomic E-state index is 13.5. The molecule has 0 aliphatic heterocycles. The SMILES string of the molecule is N#Cc1c(F)cccc1-c1cc(Cl)ccc1Cl. The van der Waals surface area contributed by atoms with E-state index in [2.05, 4.69) is 0 Å². The van der Waals surface area contributed by atoms with Crippen LogP contribution in [0.1, 0.15) is 5.56 Å². The fourth-order valence-corrected chi connectivity index (χ4v) is 1.96. The first kappa shape index (κ1) is 11.9. The van der Waals surface area contributed by atoms with Crippen molar-refractivity contribution in [2.75, 3.05) is 0 Å². The standard InChI is InChI=1S/C13H6Cl2FN/c14-8-4-5-12(15)10(6-8)9-2-1-3-13(16)11(9)7-17/h1-6H. The first-order valence-electron chi connectivity index (χ1n) is 4.77. The molecule has 0 N–H and O–H groups in total. The van der Waals surface area contributed by atoms with E-state index in [4.69, 9.17) is 28.5 Å². The average Bonchev–Trinajstić information content (AvgIpc) is 2.32. The van der Waals surface area contributed by atoms with Crippen LogP contribution in [0.2, 0.25) is 10.0 Å². The zero-order valence-electron chi connectivity index (χ0n) is 8.55. The van der Waals surface area contributed by atoms with Crippen LogP contribution in [0, 0.1) is 17.1 Å². The Hall–Kier alpha value is -1.56. The van der Waals surface area contributed by atoms with E-state index in [1.54, 1.807) is 24.3 Å². The van der Waals surface area contributed by atoms with Crippen molar-refractivity contribution in [3.8, 4) is 17.2 Å². The zero-order chi connectivity index (χ0) is 12.4. The second-order valence-electron chi connectivity index (χ2n) is 3.40. The van der Waals surface area contributed by atoms with Gasteiger partial charge in [-0.3, -0.25) is 0 Å². The summed E-state index contributed by atoms with van der Waals surface area (Å²) in [6.07, 6.45) is 0. The number of nitrogens with zero attached hydrogens (tertiary/aromatic N) is 1. The minimum absolute atomic E-state index is 0.0309. The van der Waals surface area contributed by atoms with Crippen molar-refractivity contribution < 1.29 is 4.39 Å². The lowest BCUT2D eigenvalue weighted by Gasteiger charge is -2.07. The van der Waals surface area contributed by atoms with Crippen molar-refractivity contribution in [1.82, 2.24) is 0 Å². The van der Waals surface area contributed by atoms with Gasteiger partial charge in [0, 0.05) is 21.2 Å². The average molecular weight is 266 g/mol. The van der Waals surface area contributed by atoms with Crippen LogP contribution in [0.15, 0.2) is 36.4 Å². The largest absolute Gasteiger partial charge is 0.206 e. The summed E-state index contributed by atoms with van der Waals surface area (Å²) in [6, 6.07) is 11.1. The van der Waals surface area contributed by atoms with E-state index in [1.165, 1.54) is 12.1 Å². The van der Waals surface area contributed by atoms with Gasteiger partial charge in [0.05, 0.1) is 5.56 Å². The lowest BCUT2D eigenvalue weighted by molar-refractivity contribution is 0.624. The molecule has 0 unspecified atom stereocenters. The van der Waals surface area contributed by atoms with Crippen molar-refractivity contribution in [3.05, 3.63) is 57.8 Å². The Morgan fingerprint density at radius 2 is 1.82 bits per heavy atom. The van der Waals surface area contributed by atoms with E-state index in [-0.39, 0.29) is 5.56 Å². The number of halogens is 3. The predicted molar refractivity (Wildman–Crippen MR) is 66.6 cm³/mol. The summed E-state index contributed by atoms with van der Waals surface area (Å²) >= 11 is 11.9. The molecule has 0 saturated carbocycles. The molecule has 2 rings (SSSR count). The summed E-state index contributed by atoms with van der Waals surface area (Å²) in [5.74, 6) is -0.568. The highest BCUT2D eigenvalue weighted by molar-refractivity contribution is 6.35. The molecule has 2 aromatic rings. The molecule has 0 fully saturated rings. The van der Waals surface area contributed by atoms with Gasteiger partial charge in [0.1, 0.15) is 11.9 Å². The van der Waals surface area contributed by atoms with Gasteiger partial charge in [-0.15, -0.1) is 0 Å². The molecule has 17 heavy (non-hydrogen) atoms. The number of hydrogen-bond donors (Lipinski definition) is 0. The Kier molecular flexibility index (Phi) is 3.33. The molecular formula is C13H6Cl2FN. The minimum Gasteiger partial charge on any atom is -0.206 e. The summed E-state index contributed by atoms with van der Waals surface area (Å²) < 4.78 is 13.5. The van der Waals surface area contributed by atoms with Crippen molar-refractivity contribution in [1.29, 1.82) is 5.26 Å². The number of rotatable bonds is 1. The molecule has 0 saturated heterocycles. The van der Waals surface area contributed by atoms with Crippen LogP contribution in [0.3, 0.4) is 0 Å². The van der Waals surface area contributed by atoms with Gasteiger partial charge in [0.25, 0.3) is 0 Å². The van der Waals surface area contributed by atoms with Gasteiger partial charge in [-0.25, -0.2) is 4.39 Å². The smallest absolute Gasteiger partial charge is 0.141 e. The monoisotopic (exact) mass is 265 g/mol. The van der Waals surface area contributed by atoms with E-state index in [1.807, 2.05) is 6.07 Å². The lowest BCUT2D eigenvalue weighted by Crippen LogP contribution is -1.90. The van der Waals surface area contributed by atoms with Crippen LogP contribution < -0.4 is 0 Å². The Bertz CT molecular complexity index is 617. The fraction of sp³-hybridized carbons (Fsp3) is 0. The van der Waals surface area contributed by atoms with Crippen LogP contribution in [0.4, 0.5) is 4.39 Å². The highest BCUT2D eigenvalue weighted by Gasteiger charge is 2.12. The van der Waals surface area contributed by atoms with E-state index in [9.17, 15) is 4.39 Å². The summed E-state index contributed by atoms with van der Waals surface area (Å²) in [5, 5.41) is 9.87. The molecule has 0 aliphatic carbocycles. The van der Waals surface area contributed by atoms with Crippen LogP contribution in [0.5, 0.6) is 0 Å². The van der Waals surface area contributed by atoms with Gasteiger partial charge in [-0.1, -0.05) is 35.3 Å². The predicted octanol–water partition coefficient (Wildman–Crippen LogP) is 4.67. The highest BCUT2D eigenvalue weighted by Crippen LogP contribution is 2.33. The van der Waals surface area contributed by atoms with Gasteiger partial charge in [0.15, 0.2) is 0 Å². The first-order chi connectivity index (χ1) is 8.13. The third-order valence-electron chi connectivity index (χ3n) is 2.34. The number of nitriles is 1. The molecular weight excluding hydrogens is 260 g/mol. The van der Waals surface area contributed by atoms with E-state index >= 15 is 0 Å². The van der Waals surface area contributed by atoms with Crippen LogP contribution in [-0.2, 0) is 0 Å².